The molecule has 1 aromatic rings. The van der Waals surface area contributed by atoms with Gasteiger partial charge >= 0.3 is 5.97 Å². The number of carboxylic acid groups (broad SMARTS) is 1. The van der Waals surface area contributed by atoms with E-state index in [-0.39, 0.29) is 5.91 Å². The number of hydrogen-bond donors (Lipinski definition) is 1. The zero-order chi connectivity index (χ0) is 15.5. The summed E-state index contributed by atoms with van der Waals surface area (Å²) in [4.78, 5) is 29.7. The second kappa shape index (κ2) is 6.56. The Morgan fingerprint density at radius 1 is 1.38 bits per heavy atom. The van der Waals surface area contributed by atoms with Crippen LogP contribution >= 0.6 is 15.9 Å². The van der Waals surface area contributed by atoms with Crippen molar-refractivity contribution in [2.75, 3.05) is 13.1 Å². The molecule has 1 aliphatic heterocycles. The Kier molecular flexibility index (Phi) is 4.98. The quantitative estimate of drug-likeness (QED) is 0.902. The van der Waals surface area contributed by atoms with Crippen molar-refractivity contribution in [3.63, 3.8) is 0 Å². The maximum absolute atomic E-state index is 12.4. The maximum atomic E-state index is 12.4. The van der Waals surface area contributed by atoms with Gasteiger partial charge in [0.1, 0.15) is 0 Å². The SMILES string of the molecule is CCCC1(C(=O)O)CCN(C(=O)c2cncc(Br)c2)CC1. The van der Waals surface area contributed by atoms with E-state index in [4.69, 9.17) is 0 Å². The summed E-state index contributed by atoms with van der Waals surface area (Å²) >= 11 is 3.30. The monoisotopic (exact) mass is 354 g/mol. The fraction of sp³-hybridized carbons (Fsp3) is 0.533. The normalized spacial score (nSPS) is 17.5. The van der Waals surface area contributed by atoms with Crippen LogP contribution in [0.2, 0.25) is 0 Å². The first kappa shape index (κ1) is 15.9. The highest BCUT2D eigenvalue weighted by molar-refractivity contribution is 9.10. The molecular weight excluding hydrogens is 336 g/mol. The van der Waals surface area contributed by atoms with E-state index >= 15 is 0 Å². The summed E-state index contributed by atoms with van der Waals surface area (Å²) in [5.74, 6) is -0.820. The Balaban J connectivity index is 2.06. The van der Waals surface area contributed by atoms with Crippen LogP contribution in [0.25, 0.3) is 0 Å². The lowest BCUT2D eigenvalue weighted by atomic mass is 9.75. The molecular formula is C15H19BrN2O3. The number of likely N-dealkylation sites (tertiary alicyclic amines) is 1. The first-order chi connectivity index (χ1) is 9.98. The molecule has 1 aromatic heterocycles. The summed E-state index contributed by atoms with van der Waals surface area (Å²) < 4.78 is 0.760. The number of aromatic nitrogens is 1. The van der Waals surface area contributed by atoms with Crippen LogP contribution in [0.5, 0.6) is 0 Å². The number of carbonyl (C=O) groups is 2. The van der Waals surface area contributed by atoms with E-state index in [2.05, 4.69) is 20.9 Å². The number of amides is 1. The lowest BCUT2D eigenvalue weighted by molar-refractivity contribution is -0.152. The van der Waals surface area contributed by atoms with Gasteiger partial charge in [-0.05, 0) is 41.3 Å². The topological polar surface area (TPSA) is 70.5 Å². The van der Waals surface area contributed by atoms with Crippen LogP contribution in [0, 0.1) is 5.41 Å². The molecule has 2 rings (SSSR count). The molecule has 0 atom stereocenters. The van der Waals surface area contributed by atoms with Crippen molar-refractivity contribution in [2.45, 2.75) is 32.6 Å². The van der Waals surface area contributed by atoms with E-state index in [0.717, 1.165) is 10.9 Å². The van der Waals surface area contributed by atoms with Crippen LogP contribution in [-0.2, 0) is 4.79 Å². The average Bonchev–Trinajstić information content (AvgIpc) is 2.47. The minimum Gasteiger partial charge on any atom is -0.481 e. The number of halogens is 1. The highest BCUT2D eigenvalue weighted by Gasteiger charge is 2.41. The van der Waals surface area contributed by atoms with Crippen molar-refractivity contribution in [2.24, 2.45) is 5.41 Å². The van der Waals surface area contributed by atoms with Gasteiger partial charge in [-0.15, -0.1) is 0 Å². The largest absolute Gasteiger partial charge is 0.481 e. The van der Waals surface area contributed by atoms with Gasteiger partial charge < -0.3 is 10.0 Å². The predicted molar refractivity (Wildman–Crippen MR) is 82.1 cm³/mol. The Labute approximate surface area is 132 Å². The third-order valence-corrected chi connectivity index (χ3v) is 4.58. The molecule has 0 aliphatic carbocycles. The number of piperidine rings is 1. The van der Waals surface area contributed by atoms with Crippen molar-refractivity contribution < 1.29 is 14.7 Å². The Bertz CT molecular complexity index is 539. The molecule has 1 saturated heterocycles. The molecule has 5 nitrogen and oxygen atoms in total. The minimum atomic E-state index is -0.736. The number of hydrogen-bond acceptors (Lipinski definition) is 3. The third-order valence-electron chi connectivity index (χ3n) is 4.14. The van der Waals surface area contributed by atoms with Crippen LogP contribution in [0.1, 0.15) is 43.0 Å². The molecule has 0 unspecified atom stereocenters. The molecule has 0 saturated carbocycles. The van der Waals surface area contributed by atoms with E-state index in [1.807, 2.05) is 6.92 Å². The number of nitrogens with zero attached hydrogens (tertiary/aromatic N) is 2. The van der Waals surface area contributed by atoms with Gasteiger partial charge in [0.25, 0.3) is 5.91 Å². The zero-order valence-electron chi connectivity index (χ0n) is 12.0. The average molecular weight is 355 g/mol. The van der Waals surface area contributed by atoms with Crippen molar-refractivity contribution >= 4 is 27.8 Å². The van der Waals surface area contributed by atoms with Gasteiger partial charge in [0.05, 0.1) is 11.0 Å². The van der Waals surface area contributed by atoms with Crippen LogP contribution in [0.4, 0.5) is 0 Å². The van der Waals surface area contributed by atoms with E-state index in [9.17, 15) is 14.7 Å². The van der Waals surface area contributed by atoms with E-state index in [0.29, 0.717) is 37.9 Å². The van der Waals surface area contributed by atoms with E-state index < -0.39 is 11.4 Å². The molecule has 1 fully saturated rings. The fourth-order valence-corrected chi connectivity index (χ4v) is 3.26. The van der Waals surface area contributed by atoms with Crippen molar-refractivity contribution in [3.05, 3.63) is 28.5 Å². The molecule has 0 spiro atoms. The molecule has 1 amide bonds. The summed E-state index contributed by atoms with van der Waals surface area (Å²) in [6.45, 7) is 2.96. The number of rotatable bonds is 4. The van der Waals surface area contributed by atoms with Crippen molar-refractivity contribution in [1.29, 1.82) is 0 Å². The summed E-state index contributed by atoms with van der Waals surface area (Å²) in [5.41, 5.74) is -0.135. The van der Waals surface area contributed by atoms with Gasteiger partial charge in [-0.2, -0.15) is 0 Å². The molecule has 1 N–H and O–H groups in total. The Morgan fingerprint density at radius 2 is 2.05 bits per heavy atom. The standard InChI is InChI=1S/C15H19BrN2O3/c1-2-3-15(14(20)21)4-6-18(7-5-15)13(19)11-8-12(16)10-17-9-11/h8-10H,2-7H2,1H3,(H,20,21). The first-order valence-corrected chi connectivity index (χ1v) is 7.91. The molecule has 1 aliphatic rings. The summed E-state index contributed by atoms with van der Waals surface area (Å²) in [7, 11) is 0. The van der Waals surface area contributed by atoms with Crippen LogP contribution in [0.15, 0.2) is 22.9 Å². The summed E-state index contributed by atoms with van der Waals surface area (Å²) in [6, 6.07) is 1.74. The minimum absolute atomic E-state index is 0.0840. The lowest BCUT2D eigenvalue weighted by Gasteiger charge is -2.38. The van der Waals surface area contributed by atoms with Gasteiger partial charge in [0, 0.05) is 30.0 Å². The number of pyridine rings is 1. The Morgan fingerprint density at radius 3 is 2.57 bits per heavy atom. The summed E-state index contributed by atoms with van der Waals surface area (Å²) in [6.07, 6.45) is 5.72. The first-order valence-electron chi connectivity index (χ1n) is 7.12. The molecule has 6 heteroatoms. The highest BCUT2D eigenvalue weighted by atomic mass is 79.9. The van der Waals surface area contributed by atoms with E-state index in [1.165, 1.54) is 6.20 Å². The number of carbonyl (C=O) groups excluding carboxylic acids is 1. The van der Waals surface area contributed by atoms with Crippen LogP contribution in [0.3, 0.4) is 0 Å². The second-order valence-electron chi connectivity index (χ2n) is 5.52. The number of carboxylic acids is 1. The highest BCUT2D eigenvalue weighted by Crippen LogP contribution is 2.36. The molecule has 0 radical (unpaired) electrons. The van der Waals surface area contributed by atoms with Crippen molar-refractivity contribution in [3.8, 4) is 0 Å². The van der Waals surface area contributed by atoms with Gasteiger partial charge in [0.2, 0.25) is 0 Å². The third kappa shape index (κ3) is 3.43. The van der Waals surface area contributed by atoms with Crippen molar-refractivity contribution in [1.82, 2.24) is 9.88 Å². The summed E-state index contributed by atoms with van der Waals surface area (Å²) in [5, 5.41) is 9.48. The van der Waals surface area contributed by atoms with Gasteiger partial charge in [-0.3, -0.25) is 14.6 Å². The predicted octanol–water partition coefficient (Wildman–Crippen LogP) is 2.95. The van der Waals surface area contributed by atoms with Gasteiger partial charge in [-0.25, -0.2) is 0 Å². The maximum Gasteiger partial charge on any atom is 0.309 e. The second-order valence-corrected chi connectivity index (χ2v) is 6.44. The zero-order valence-corrected chi connectivity index (χ0v) is 13.6. The van der Waals surface area contributed by atoms with E-state index in [1.54, 1.807) is 17.2 Å². The smallest absolute Gasteiger partial charge is 0.309 e. The molecule has 21 heavy (non-hydrogen) atoms. The molecule has 114 valence electrons. The van der Waals surface area contributed by atoms with Crippen LogP contribution < -0.4 is 0 Å². The molecule has 0 bridgehead atoms. The van der Waals surface area contributed by atoms with Crippen LogP contribution in [-0.4, -0.2) is 40.0 Å². The number of aliphatic carboxylic acids is 1. The molecule has 0 aromatic carbocycles. The Hall–Kier alpha value is -1.43. The lowest BCUT2D eigenvalue weighted by Crippen LogP contribution is -2.46. The molecule has 2 heterocycles. The van der Waals surface area contributed by atoms with Gasteiger partial charge in [-0.1, -0.05) is 13.3 Å². The van der Waals surface area contributed by atoms with Gasteiger partial charge in [0.15, 0.2) is 0 Å². The fourth-order valence-electron chi connectivity index (χ4n) is 2.90.